The summed E-state index contributed by atoms with van der Waals surface area (Å²) >= 11 is 11.9. The Hall–Kier alpha value is -0.830. The van der Waals surface area contributed by atoms with Crippen molar-refractivity contribution in [1.82, 2.24) is 0 Å². The molecule has 0 bridgehead atoms. The van der Waals surface area contributed by atoms with Crippen LogP contribution in [0.2, 0.25) is 10.0 Å². The van der Waals surface area contributed by atoms with E-state index < -0.39 is 10.8 Å². The third-order valence-corrected chi connectivity index (χ3v) is 4.89. The van der Waals surface area contributed by atoms with Crippen molar-refractivity contribution in [2.45, 2.75) is 16.2 Å². The summed E-state index contributed by atoms with van der Waals surface area (Å²) in [6.07, 6.45) is 0.734. The van der Waals surface area contributed by atoms with Crippen molar-refractivity contribution < 1.29 is 4.21 Å². The quantitative estimate of drug-likeness (QED) is 0.608. The van der Waals surface area contributed by atoms with Crippen molar-refractivity contribution in [2.24, 2.45) is 0 Å². The van der Waals surface area contributed by atoms with Crippen LogP contribution in [-0.2, 0) is 17.2 Å². The molecule has 0 aromatic heterocycles. The summed E-state index contributed by atoms with van der Waals surface area (Å²) in [5, 5.41) is 1.34. The highest BCUT2D eigenvalue weighted by atomic mass is 35.5. The van der Waals surface area contributed by atoms with Crippen molar-refractivity contribution in [3.63, 3.8) is 0 Å². The maximum atomic E-state index is 12.4. The molecule has 1 aliphatic heterocycles. The van der Waals surface area contributed by atoms with Gasteiger partial charge in [-0.3, -0.25) is 0 Å². The van der Waals surface area contributed by atoms with E-state index >= 15 is 0 Å². The van der Waals surface area contributed by atoms with Gasteiger partial charge < -0.3 is 0 Å². The van der Waals surface area contributed by atoms with Crippen LogP contribution in [0.3, 0.4) is 0 Å². The lowest BCUT2D eigenvalue weighted by atomic mass is 10.0. The predicted octanol–water partition coefficient (Wildman–Crippen LogP) is 4.06. The van der Waals surface area contributed by atoms with E-state index in [1.54, 1.807) is 12.1 Å². The molecule has 17 heavy (non-hydrogen) atoms. The van der Waals surface area contributed by atoms with Gasteiger partial charge in [0.1, 0.15) is 0 Å². The van der Waals surface area contributed by atoms with Gasteiger partial charge >= 0.3 is 0 Å². The van der Waals surface area contributed by atoms with E-state index in [1.807, 2.05) is 24.3 Å². The molecule has 0 unspecified atom stereocenters. The molecule has 0 saturated heterocycles. The highest BCUT2D eigenvalue weighted by molar-refractivity contribution is 7.85. The minimum atomic E-state index is -1.12. The minimum Gasteiger partial charge on any atom is -0.249 e. The molecule has 1 heterocycles. The van der Waals surface area contributed by atoms with Crippen molar-refractivity contribution in [3.05, 3.63) is 57.6 Å². The molecular formula is C13H8Cl2OS. The number of fused-ring (bicyclic) bond motifs is 2. The molecular weight excluding hydrogens is 275 g/mol. The van der Waals surface area contributed by atoms with Gasteiger partial charge in [0.05, 0.1) is 10.8 Å². The van der Waals surface area contributed by atoms with Gasteiger partial charge in [-0.15, -0.1) is 0 Å². The lowest BCUT2D eigenvalue weighted by Crippen LogP contribution is -2.09. The molecule has 3 rings (SSSR count). The van der Waals surface area contributed by atoms with Gasteiger partial charge in [0.25, 0.3) is 0 Å². The largest absolute Gasteiger partial charge is 0.249 e. The zero-order valence-electron chi connectivity index (χ0n) is 8.74. The number of benzene rings is 2. The Balaban J connectivity index is 2.21. The lowest BCUT2D eigenvalue weighted by Gasteiger charge is -2.19. The van der Waals surface area contributed by atoms with E-state index in [4.69, 9.17) is 23.2 Å². The predicted molar refractivity (Wildman–Crippen MR) is 70.4 cm³/mol. The summed E-state index contributed by atoms with van der Waals surface area (Å²) in [6, 6.07) is 11.0. The van der Waals surface area contributed by atoms with E-state index in [2.05, 4.69) is 0 Å². The summed E-state index contributed by atoms with van der Waals surface area (Å²) in [6.45, 7) is 0. The third kappa shape index (κ3) is 1.90. The van der Waals surface area contributed by atoms with Crippen molar-refractivity contribution in [1.29, 1.82) is 0 Å². The highest BCUT2D eigenvalue weighted by Crippen LogP contribution is 2.34. The molecule has 2 aromatic rings. The van der Waals surface area contributed by atoms with Crippen LogP contribution in [0.1, 0.15) is 11.1 Å². The number of rotatable bonds is 0. The topological polar surface area (TPSA) is 17.1 Å². The molecule has 0 spiro atoms. The van der Waals surface area contributed by atoms with Crippen LogP contribution in [0.25, 0.3) is 0 Å². The van der Waals surface area contributed by atoms with E-state index in [0.717, 1.165) is 27.3 Å². The first-order valence-corrected chi connectivity index (χ1v) is 7.04. The van der Waals surface area contributed by atoms with Gasteiger partial charge in [0.15, 0.2) is 0 Å². The molecule has 0 atom stereocenters. The van der Waals surface area contributed by atoms with Crippen molar-refractivity contribution in [3.8, 4) is 0 Å². The van der Waals surface area contributed by atoms with Crippen LogP contribution in [0.5, 0.6) is 0 Å². The molecule has 0 N–H and O–H groups in total. The number of halogens is 2. The second-order valence-corrected chi connectivity index (χ2v) is 6.24. The monoisotopic (exact) mass is 282 g/mol. The maximum Gasteiger partial charge on any atom is 0.0855 e. The first kappa shape index (κ1) is 11.3. The molecule has 0 amide bonds. The van der Waals surface area contributed by atoms with E-state index in [-0.39, 0.29) is 0 Å². The van der Waals surface area contributed by atoms with Gasteiger partial charge in [-0.1, -0.05) is 23.2 Å². The van der Waals surface area contributed by atoms with Gasteiger partial charge in [-0.05, 0) is 53.9 Å². The van der Waals surface area contributed by atoms with Crippen LogP contribution in [0.15, 0.2) is 46.2 Å². The van der Waals surface area contributed by atoms with Crippen LogP contribution < -0.4 is 0 Å². The minimum absolute atomic E-state index is 0.672. The van der Waals surface area contributed by atoms with Crippen LogP contribution in [-0.4, -0.2) is 4.21 Å². The fourth-order valence-corrected chi connectivity index (χ4v) is 3.81. The summed E-state index contributed by atoms with van der Waals surface area (Å²) < 4.78 is 12.4. The SMILES string of the molecule is O=S1c2ccc(Cl)cc2Cc2cc(Cl)ccc21. The molecule has 1 nitrogen and oxygen atoms in total. The zero-order valence-corrected chi connectivity index (χ0v) is 11.1. The molecule has 2 aromatic carbocycles. The fraction of sp³-hybridized carbons (Fsp3) is 0.0769. The normalized spacial score (nSPS) is 14.2. The summed E-state index contributed by atoms with van der Waals surface area (Å²) in [5.74, 6) is 0. The van der Waals surface area contributed by atoms with E-state index in [9.17, 15) is 4.21 Å². The van der Waals surface area contributed by atoms with Gasteiger partial charge in [0, 0.05) is 19.8 Å². The Morgan fingerprint density at radius 2 is 1.35 bits per heavy atom. The Labute approximate surface area is 112 Å². The van der Waals surface area contributed by atoms with Gasteiger partial charge in [-0.2, -0.15) is 0 Å². The fourth-order valence-electron chi connectivity index (χ4n) is 2.06. The van der Waals surface area contributed by atoms with Crippen molar-refractivity contribution in [2.75, 3.05) is 0 Å². The summed E-state index contributed by atoms with van der Waals surface area (Å²) in [5.41, 5.74) is 2.04. The Morgan fingerprint density at radius 3 is 1.82 bits per heavy atom. The van der Waals surface area contributed by atoms with Crippen LogP contribution >= 0.6 is 23.2 Å². The first-order valence-electron chi connectivity index (χ1n) is 5.14. The molecule has 1 aliphatic rings. The molecule has 0 radical (unpaired) electrons. The Morgan fingerprint density at radius 1 is 0.882 bits per heavy atom. The van der Waals surface area contributed by atoms with Crippen molar-refractivity contribution >= 4 is 34.0 Å². The average Bonchev–Trinajstić information content (AvgIpc) is 2.28. The van der Waals surface area contributed by atoms with E-state index in [1.165, 1.54) is 0 Å². The standard InChI is InChI=1S/C13H8Cl2OS/c14-10-1-3-12-8(6-10)5-9-7-11(15)2-4-13(9)17(12)16/h1-4,6-7H,5H2. The van der Waals surface area contributed by atoms with E-state index in [0.29, 0.717) is 10.0 Å². The molecule has 86 valence electrons. The number of hydrogen-bond acceptors (Lipinski definition) is 1. The molecule has 0 saturated carbocycles. The average molecular weight is 283 g/mol. The van der Waals surface area contributed by atoms with Crippen LogP contribution in [0.4, 0.5) is 0 Å². The lowest BCUT2D eigenvalue weighted by molar-refractivity contribution is 0.679. The van der Waals surface area contributed by atoms with Crippen LogP contribution in [0, 0.1) is 0 Å². The smallest absolute Gasteiger partial charge is 0.0855 e. The van der Waals surface area contributed by atoms with Gasteiger partial charge in [0.2, 0.25) is 0 Å². The summed E-state index contributed by atoms with van der Waals surface area (Å²) in [4.78, 5) is 1.70. The third-order valence-electron chi connectivity index (χ3n) is 2.83. The molecule has 4 heteroatoms. The zero-order chi connectivity index (χ0) is 12.0. The highest BCUT2D eigenvalue weighted by Gasteiger charge is 2.22. The second kappa shape index (κ2) is 4.13. The van der Waals surface area contributed by atoms with Gasteiger partial charge in [-0.25, -0.2) is 4.21 Å². The summed E-state index contributed by atoms with van der Waals surface area (Å²) in [7, 11) is -1.12. The number of hydrogen-bond donors (Lipinski definition) is 0. The maximum absolute atomic E-state index is 12.4. The second-order valence-electron chi connectivity index (χ2n) is 3.95. The molecule has 0 aliphatic carbocycles. The Bertz CT molecular complexity index is 584. The Kier molecular flexibility index (Phi) is 2.74. The first-order chi connectivity index (χ1) is 8.15. The molecule has 0 fully saturated rings.